The average molecular weight is 398 g/mol. The first-order valence-corrected chi connectivity index (χ1v) is 9.36. The molecule has 8 nitrogen and oxygen atoms in total. The Balaban J connectivity index is 1.65. The first-order chi connectivity index (χ1) is 14.0. The number of halogens is 1. The summed E-state index contributed by atoms with van der Waals surface area (Å²) in [4.78, 5) is 21.3. The zero-order valence-corrected chi connectivity index (χ0v) is 15.4. The number of piperidine rings is 1. The number of benzene rings is 1. The Kier molecular flexibility index (Phi) is 3.87. The van der Waals surface area contributed by atoms with Crippen molar-refractivity contribution in [2.24, 2.45) is 16.6 Å². The normalized spacial score (nSPS) is 27.5. The predicted molar refractivity (Wildman–Crippen MR) is 101 cm³/mol. The first kappa shape index (κ1) is 17.7. The number of amidine groups is 1. The lowest BCUT2D eigenvalue weighted by atomic mass is 9.71. The molecule has 1 amide bonds. The van der Waals surface area contributed by atoms with Gasteiger partial charge in [0.15, 0.2) is 0 Å². The van der Waals surface area contributed by atoms with Crippen LogP contribution in [0.15, 0.2) is 41.5 Å². The van der Waals surface area contributed by atoms with E-state index in [1.54, 1.807) is 24.3 Å². The van der Waals surface area contributed by atoms with Crippen LogP contribution in [0.4, 0.5) is 9.18 Å². The van der Waals surface area contributed by atoms with Crippen LogP contribution in [0.2, 0.25) is 0 Å². The Hall–Kier alpha value is -3.36. The monoisotopic (exact) mass is 398 g/mol. The van der Waals surface area contributed by atoms with Crippen LogP contribution in [-0.2, 0) is 10.3 Å². The first-order valence-electron chi connectivity index (χ1n) is 9.36. The smallest absolute Gasteiger partial charge is 0.407 e. The molecule has 0 aliphatic carbocycles. The van der Waals surface area contributed by atoms with E-state index in [1.807, 2.05) is 6.07 Å². The second-order valence-electron chi connectivity index (χ2n) is 7.50. The van der Waals surface area contributed by atoms with Gasteiger partial charge < -0.3 is 25.2 Å². The molecule has 0 bridgehead atoms. The van der Waals surface area contributed by atoms with Crippen molar-refractivity contribution < 1.29 is 23.8 Å². The Morgan fingerprint density at radius 2 is 2.24 bits per heavy atom. The topological polar surface area (TPSA) is 110 Å². The van der Waals surface area contributed by atoms with E-state index in [-0.39, 0.29) is 31.2 Å². The third-order valence-electron chi connectivity index (χ3n) is 5.98. The van der Waals surface area contributed by atoms with Crippen LogP contribution in [-0.4, -0.2) is 52.9 Å². The highest BCUT2D eigenvalue weighted by Gasteiger charge is 2.56. The van der Waals surface area contributed by atoms with E-state index in [9.17, 15) is 14.3 Å². The minimum absolute atomic E-state index is 0.0574. The third kappa shape index (κ3) is 2.68. The van der Waals surface area contributed by atoms with Crippen LogP contribution < -0.4 is 10.5 Å². The highest BCUT2D eigenvalue weighted by atomic mass is 19.1. The number of hydrogen-bond donors (Lipinski definition) is 2. The summed E-state index contributed by atoms with van der Waals surface area (Å²) in [6, 6.07) is 8.77. The summed E-state index contributed by atoms with van der Waals surface area (Å²) in [5.74, 6) is -0.212. The van der Waals surface area contributed by atoms with Crippen LogP contribution in [0.25, 0.3) is 11.1 Å². The van der Waals surface area contributed by atoms with Crippen LogP contribution in [0.3, 0.4) is 0 Å². The molecule has 3 aliphatic heterocycles. The lowest BCUT2D eigenvalue weighted by Gasteiger charge is -2.48. The van der Waals surface area contributed by atoms with E-state index in [0.29, 0.717) is 35.4 Å². The SMILES string of the molecule is NC1=NC2(CO1)c1cc(-c3cccnc3F)ccc1OC1CCN(C(=O)O)CC12. The van der Waals surface area contributed by atoms with Gasteiger partial charge in [-0.2, -0.15) is 4.39 Å². The minimum atomic E-state index is -0.980. The van der Waals surface area contributed by atoms with Crippen LogP contribution in [0.1, 0.15) is 12.0 Å². The summed E-state index contributed by atoms with van der Waals surface area (Å²) in [5, 5.41) is 9.48. The van der Waals surface area contributed by atoms with E-state index >= 15 is 0 Å². The Labute approximate surface area is 165 Å². The standard InChI is InChI=1S/C20H19FN4O4/c21-17-12(2-1-6-23-17)11-3-4-15-13(8-11)20(10-28-18(22)24-20)14-9-25(19(26)27)7-5-16(14)29-15/h1-4,6,8,14,16H,5,7,9-10H2,(H2,22,24)(H,26,27). The number of nitrogens with two attached hydrogens (primary N) is 1. The number of aromatic nitrogens is 1. The zero-order valence-electron chi connectivity index (χ0n) is 15.4. The summed E-state index contributed by atoms with van der Waals surface area (Å²) in [6.45, 7) is 0.828. The number of rotatable bonds is 1. The summed E-state index contributed by atoms with van der Waals surface area (Å²) < 4.78 is 26.0. The fourth-order valence-corrected chi connectivity index (χ4v) is 4.58. The summed E-state index contributed by atoms with van der Waals surface area (Å²) in [5.41, 5.74) is 6.69. The molecule has 5 rings (SSSR count). The van der Waals surface area contributed by atoms with E-state index in [0.717, 1.165) is 0 Å². The molecule has 1 fully saturated rings. The summed E-state index contributed by atoms with van der Waals surface area (Å²) in [7, 11) is 0. The van der Waals surface area contributed by atoms with Gasteiger partial charge in [-0.25, -0.2) is 14.8 Å². The molecule has 3 N–H and O–H groups in total. The van der Waals surface area contributed by atoms with Gasteiger partial charge in [-0.1, -0.05) is 6.07 Å². The fraction of sp³-hybridized carbons (Fsp3) is 0.350. The van der Waals surface area contributed by atoms with Gasteiger partial charge in [0, 0.05) is 42.8 Å². The van der Waals surface area contributed by atoms with Crippen LogP contribution in [0.5, 0.6) is 5.75 Å². The van der Waals surface area contributed by atoms with Crippen molar-refractivity contribution in [3.05, 3.63) is 48.0 Å². The van der Waals surface area contributed by atoms with Gasteiger partial charge in [0.2, 0.25) is 5.95 Å². The second kappa shape index (κ2) is 6.33. The van der Waals surface area contributed by atoms with Gasteiger partial charge in [0.1, 0.15) is 24.0 Å². The van der Waals surface area contributed by atoms with Gasteiger partial charge >= 0.3 is 6.09 Å². The molecule has 1 aromatic carbocycles. The van der Waals surface area contributed by atoms with E-state index in [2.05, 4.69) is 9.98 Å². The molecule has 2 aromatic rings. The van der Waals surface area contributed by atoms with Gasteiger partial charge in [0.05, 0.1) is 0 Å². The number of likely N-dealkylation sites (tertiary alicyclic amines) is 1. The number of aliphatic imine (C=N–C) groups is 1. The maximum absolute atomic E-state index is 14.3. The maximum atomic E-state index is 14.3. The van der Waals surface area contributed by atoms with E-state index < -0.39 is 17.6 Å². The van der Waals surface area contributed by atoms with Crippen LogP contribution in [0, 0.1) is 11.9 Å². The molecule has 1 aromatic heterocycles. The Bertz CT molecular complexity index is 1030. The number of fused-ring (bicyclic) bond motifs is 4. The molecule has 150 valence electrons. The van der Waals surface area contributed by atoms with Crippen LogP contribution >= 0.6 is 0 Å². The molecule has 9 heteroatoms. The molecular formula is C20H19FN4O4. The van der Waals surface area contributed by atoms with E-state index in [1.165, 1.54) is 11.1 Å². The Morgan fingerprint density at radius 1 is 1.38 bits per heavy atom. The molecular weight excluding hydrogens is 379 g/mol. The van der Waals surface area contributed by atoms with Crippen molar-refractivity contribution >= 4 is 12.1 Å². The third-order valence-corrected chi connectivity index (χ3v) is 5.98. The molecule has 0 radical (unpaired) electrons. The van der Waals surface area contributed by atoms with Gasteiger partial charge in [-0.15, -0.1) is 0 Å². The Morgan fingerprint density at radius 3 is 2.97 bits per heavy atom. The molecule has 3 atom stereocenters. The largest absolute Gasteiger partial charge is 0.490 e. The van der Waals surface area contributed by atoms with Crippen molar-refractivity contribution in [2.45, 2.75) is 18.1 Å². The highest BCUT2D eigenvalue weighted by Crippen LogP contribution is 2.51. The van der Waals surface area contributed by atoms with Crippen molar-refractivity contribution in [1.29, 1.82) is 0 Å². The van der Waals surface area contributed by atoms with Gasteiger partial charge in [-0.05, 0) is 29.8 Å². The molecule has 0 saturated carbocycles. The molecule has 1 spiro atoms. The second-order valence-corrected chi connectivity index (χ2v) is 7.50. The number of ether oxygens (including phenoxy) is 2. The number of carbonyl (C=O) groups is 1. The van der Waals surface area contributed by atoms with Gasteiger partial charge in [0.25, 0.3) is 6.02 Å². The predicted octanol–water partition coefficient (Wildman–Crippen LogP) is 2.19. The zero-order chi connectivity index (χ0) is 20.2. The average Bonchev–Trinajstić information content (AvgIpc) is 3.10. The molecule has 3 unspecified atom stereocenters. The number of carboxylic acid groups (broad SMARTS) is 1. The van der Waals surface area contributed by atoms with E-state index in [4.69, 9.17) is 15.2 Å². The minimum Gasteiger partial charge on any atom is -0.490 e. The van der Waals surface area contributed by atoms with Crippen molar-refractivity contribution in [3.8, 4) is 16.9 Å². The lowest BCUT2D eigenvalue weighted by molar-refractivity contribution is -0.0182. The molecule has 3 aliphatic rings. The number of hydrogen-bond acceptors (Lipinski definition) is 6. The fourth-order valence-electron chi connectivity index (χ4n) is 4.58. The summed E-state index contributed by atoms with van der Waals surface area (Å²) >= 11 is 0. The van der Waals surface area contributed by atoms with Crippen molar-refractivity contribution in [2.75, 3.05) is 19.7 Å². The summed E-state index contributed by atoms with van der Waals surface area (Å²) in [6.07, 6.45) is 0.751. The molecule has 4 heterocycles. The van der Waals surface area contributed by atoms with Crippen molar-refractivity contribution in [3.63, 3.8) is 0 Å². The number of nitrogens with zero attached hydrogens (tertiary/aromatic N) is 3. The number of amides is 1. The number of pyridine rings is 1. The maximum Gasteiger partial charge on any atom is 0.407 e. The quantitative estimate of drug-likeness (QED) is 0.713. The highest BCUT2D eigenvalue weighted by molar-refractivity contribution is 5.75. The molecule has 29 heavy (non-hydrogen) atoms. The van der Waals surface area contributed by atoms with Crippen molar-refractivity contribution in [1.82, 2.24) is 9.88 Å². The van der Waals surface area contributed by atoms with Gasteiger partial charge in [-0.3, -0.25) is 0 Å². The lowest BCUT2D eigenvalue weighted by Crippen LogP contribution is -2.57. The molecule has 1 saturated heterocycles.